The molecule has 0 aliphatic carbocycles. The standard InChI is InChI=1S/C12H14N6O4/c1-2-12(14)7(20)5(3-19)22-10(12)18-4-15-6-8(18)16-11(13)17-9(6)21/h1,4-5,7,10,19-20H,3,14H2,(H3,13,16,17,21)/t5-,7?,10-,12-/m1/s1. The molecule has 1 saturated heterocycles. The highest BCUT2D eigenvalue weighted by Gasteiger charge is 2.54. The highest BCUT2D eigenvalue weighted by Crippen LogP contribution is 2.37. The molecule has 22 heavy (non-hydrogen) atoms. The Hall–Kier alpha value is -2.45. The lowest BCUT2D eigenvalue weighted by molar-refractivity contribution is -0.0447. The minimum Gasteiger partial charge on any atom is -0.394 e. The number of terminal acetylenes is 1. The Kier molecular flexibility index (Phi) is 3.15. The summed E-state index contributed by atoms with van der Waals surface area (Å²) in [6, 6.07) is 0. The SMILES string of the molecule is C#C[C@@]1(N)C(O)[C@@H](CO)O[C@H]1n1cnc2c(=O)[nH]c(N)nc21. The molecule has 10 heteroatoms. The molecule has 1 fully saturated rings. The molecule has 116 valence electrons. The molecule has 4 atom stereocenters. The highest BCUT2D eigenvalue weighted by molar-refractivity contribution is 5.70. The summed E-state index contributed by atoms with van der Waals surface area (Å²) in [6.07, 6.45) is 3.36. The topological polar surface area (TPSA) is 165 Å². The Morgan fingerprint density at radius 2 is 2.36 bits per heavy atom. The molecule has 0 spiro atoms. The summed E-state index contributed by atoms with van der Waals surface area (Å²) in [5, 5.41) is 19.4. The smallest absolute Gasteiger partial charge is 0.280 e. The van der Waals surface area contributed by atoms with E-state index >= 15 is 0 Å². The van der Waals surface area contributed by atoms with Crippen molar-refractivity contribution in [2.75, 3.05) is 12.3 Å². The van der Waals surface area contributed by atoms with Crippen LogP contribution in [0.5, 0.6) is 0 Å². The number of aliphatic hydroxyl groups is 2. The molecule has 7 N–H and O–H groups in total. The van der Waals surface area contributed by atoms with Gasteiger partial charge in [-0.2, -0.15) is 4.98 Å². The fourth-order valence-corrected chi connectivity index (χ4v) is 2.52. The van der Waals surface area contributed by atoms with E-state index in [-0.39, 0.29) is 17.1 Å². The Labute approximate surface area is 123 Å². The second kappa shape index (κ2) is 4.79. The third kappa shape index (κ3) is 1.81. The largest absolute Gasteiger partial charge is 0.394 e. The van der Waals surface area contributed by atoms with E-state index in [1.54, 1.807) is 0 Å². The minimum absolute atomic E-state index is 0.0270. The zero-order valence-electron chi connectivity index (χ0n) is 11.3. The summed E-state index contributed by atoms with van der Waals surface area (Å²) in [6.45, 7) is -0.471. The first kappa shape index (κ1) is 14.5. The second-order valence-electron chi connectivity index (χ2n) is 5.01. The van der Waals surface area contributed by atoms with Crippen LogP contribution in [0.3, 0.4) is 0 Å². The molecule has 1 aliphatic rings. The van der Waals surface area contributed by atoms with Gasteiger partial charge in [0.15, 0.2) is 22.9 Å². The van der Waals surface area contributed by atoms with Gasteiger partial charge in [0.2, 0.25) is 5.95 Å². The molecule has 1 aliphatic heterocycles. The maximum atomic E-state index is 11.8. The number of fused-ring (bicyclic) bond motifs is 1. The Morgan fingerprint density at radius 1 is 1.64 bits per heavy atom. The van der Waals surface area contributed by atoms with Gasteiger partial charge in [0.05, 0.1) is 12.9 Å². The van der Waals surface area contributed by atoms with E-state index in [0.717, 1.165) is 0 Å². The molecule has 0 amide bonds. The first-order valence-corrected chi connectivity index (χ1v) is 6.35. The monoisotopic (exact) mass is 306 g/mol. The maximum absolute atomic E-state index is 11.8. The molecule has 10 nitrogen and oxygen atoms in total. The number of nitrogen functional groups attached to an aromatic ring is 1. The lowest BCUT2D eigenvalue weighted by Crippen LogP contribution is -2.53. The van der Waals surface area contributed by atoms with Crippen LogP contribution >= 0.6 is 0 Å². The van der Waals surface area contributed by atoms with Crippen LogP contribution in [-0.4, -0.2) is 54.1 Å². The van der Waals surface area contributed by atoms with Gasteiger partial charge in [-0.1, -0.05) is 5.92 Å². The molecule has 2 aromatic heterocycles. The van der Waals surface area contributed by atoms with Crippen molar-refractivity contribution in [2.45, 2.75) is 24.0 Å². The zero-order valence-corrected chi connectivity index (χ0v) is 11.3. The number of ether oxygens (including phenoxy) is 1. The zero-order chi connectivity index (χ0) is 16.1. The minimum atomic E-state index is -1.62. The predicted octanol–water partition coefficient (Wildman–Crippen LogP) is -2.72. The molecule has 0 aromatic carbocycles. The van der Waals surface area contributed by atoms with Crippen molar-refractivity contribution in [3.05, 3.63) is 16.7 Å². The van der Waals surface area contributed by atoms with Crippen molar-refractivity contribution in [2.24, 2.45) is 5.73 Å². The van der Waals surface area contributed by atoms with Crippen molar-refractivity contribution in [3.8, 4) is 12.3 Å². The number of nitrogens with zero attached hydrogens (tertiary/aromatic N) is 3. The van der Waals surface area contributed by atoms with Crippen LogP contribution in [0.25, 0.3) is 11.2 Å². The van der Waals surface area contributed by atoms with E-state index in [4.69, 9.17) is 22.6 Å². The molecule has 0 bridgehead atoms. The van der Waals surface area contributed by atoms with Gasteiger partial charge >= 0.3 is 0 Å². The molecule has 0 saturated carbocycles. The van der Waals surface area contributed by atoms with E-state index in [1.165, 1.54) is 10.9 Å². The first-order chi connectivity index (χ1) is 10.4. The van der Waals surface area contributed by atoms with E-state index in [0.29, 0.717) is 0 Å². The molecule has 2 aromatic rings. The number of H-pyrrole nitrogens is 1. The van der Waals surface area contributed by atoms with Crippen LogP contribution in [0, 0.1) is 12.3 Å². The van der Waals surface area contributed by atoms with Gasteiger partial charge in [-0.3, -0.25) is 14.3 Å². The number of imidazole rings is 1. The quantitative estimate of drug-likeness (QED) is 0.373. The van der Waals surface area contributed by atoms with Gasteiger partial charge in [-0.15, -0.1) is 6.42 Å². The summed E-state index contributed by atoms with van der Waals surface area (Å²) < 4.78 is 6.84. The van der Waals surface area contributed by atoms with Gasteiger partial charge in [0.25, 0.3) is 5.56 Å². The van der Waals surface area contributed by atoms with Crippen molar-refractivity contribution in [1.82, 2.24) is 19.5 Å². The van der Waals surface area contributed by atoms with Crippen LogP contribution in [0.2, 0.25) is 0 Å². The molecule has 3 heterocycles. The number of nitrogens with two attached hydrogens (primary N) is 2. The number of anilines is 1. The highest BCUT2D eigenvalue weighted by atomic mass is 16.5. The van der Waals surface area contributed by atoms with Gasteiger partial charge in [-0.05, 0) is 0 Å². The van der Waals surface area contributed by atoms with E-state index in [1.807, 2.05) is 0 Å². The van der Waals surface area contributed by atoms with Gasteiger partial charge in [0.1, 0.15) is 12.2 Å². The summed E-state index contributed by atoms with van der Waals surface area (Å²) in [5.74, 6) is 2.17. The Balaban J connectivity index is 2.19. The predicted molar refractivity (Wildman–Crippen MR) is 75.3 cm³/mol. The third-order valence-corrected chi connectivity index (χ3v) is 3.69. The number of hydrogen-bond acceptors (Lipinski definition) is 8. The van der Waals surface area contributed by atoms with E-state index < -0.39 is 36.1 Å². The average molecular weight is 306 g/mol. The summed E-state index contributed by atoms with van der Waals surface area (Å²) in [4.78, 5) is 22.0. The maximum Gasteiger partial charge on any atom is 0.280 e. The van der Waals surface area contributed by atoms with Crippen molar-refractivity contribution >= 4 is 17.1 Å². The Bertz CT molecular complexity index is 823. The molecular formula is C12H14N6O4. The van der Waals surface area contributed by atoms with Crippen molar-refractivity contribution in [1.29, 1.82) is 0 Å². The number of rotatable bonds is 2. The second-order valence-corrected chi connectivity index (χ2v) is 5.01. The fraction of sp³-hybridized carbons (Fsp3) is 0.417. The lowest BCUT2D eigenvalue weighted by atomic mass is 9.92. The number of aromatic nitrogens is 4. The average Bonchev–Trinajstić information content (AvgIpc) is 3.00. The fourth-order valence-electron chi connectivity index (χ4n) is 2.52. The van der Waals surface area contributed by atoms with Crippen LogP contribution < -0.4 is 17.0 Å². The van der Waals surface area contributed by atoms with Gasteiger partial charge in [0, 0.05) is 0 Å². The summed E-state index contributed by atoms with van der Waals surface area (Å²) in [7, 11) is 0. The number of aromatic amines is 1. The third-order valence-electron chi connectivity index (χ3n) is 3.69. The summed E-state index contributed by atoms with van der Waals surface area (Å²) >= 11 is 0. The lowest BCUT2D eigenvalue weighted by Gasteiger charge is -2.27. The van der Waals surface area contributed by atoms with Gasteiger partial charge < -0.3 is 26.4 Å². The van der Waals surface area contributed by atoms with Crippen molar-refractivity contribution in [3.63, 3.8) is 0 Å². The Morgan fingerprint density at radius 3 is 3.00 bits per heavy atom. The van der Waals surface area contributed by atoms with Crippen LogP contribution in [0.15, 0.2) is 11.1 Å². The van der Waals surface area contributed by atoms with Crippen LogP contribution in [0.4, 0.5) is 5.95 Å². The molecule has 3 rings (SSSR count). The summed E-state index contributed by atoms with van der Waals surface area (Å²) in [5.41, 5.74) is 9.57. The molecular weight excluding hydrogens is 292 g/mol. The van der Waals surface area contributed by atoms with E-state index in [9.17, 15) is 15.0 Å². The van der Waals surface area contributed by atoms with Crippen molar-refractivity contribution < 1.29 is 14.9 Å². The molecule has 0 radical (unpaired) electrons. The number of nitrogens with one attached hydrogen (secondary N) is 1. The molecule has 1 unspecified atom stereocenters. The normalized spacial score (nSPS) is 31.5. The van der Waals surface area contributed by atoms with Crippen LogP contribution in [-0.2, 0) is 4.74 Å². The van der Waals surface area contributed by atoms with Crippen LogP contribution in [0.1, 0.15) is 6.23 Å². The van der Waals surface area contributed by atoms with E-state index in [2.05, 4.69) is 20.9 Å². The number of hydrogen-bond donors (Lipinski definition) is 5. The van der Waals surface area contributed by atoms with Gasteiger partial charge in [-0.25, -0.2) is 4.98 Å². The number of aliphatic hydroxyl groups excluding tert-OH is 2. The first-order valence-electron chi connectivity index (χ1n) is 6.35.